The average Bonchev–Trinajstić information content (AvgIpc) is 3.47. The summed E-state index contributed by atoms with van der Waals surface area (Å²) >= 11 is 3.65. The molecule has 0 unspecified atom stereocenters. The van der Waals surface area contributed by atoms with Gasteiger partial charge in [0.1, 0.15) is 12.4 Å². The second-order valence-corrected chi connectivity index (χ2v) is 11.0. The van der Waals surface area contributed by atoms with Gasteiger partial charge in [-0.1, -0.05) is 48.5 Å². The first kappa shape index (κ1) is 29.2. The number of amides is 1. The van der Waals surface area contributed by atoms with Crippen LogP contribution in [0.15, 0.2) is 101 Å². The predicted octanol–water partition coefficient (Wildman–Crippen LogP) is 8.04. The van der Waals surface area contributed by atoms with Gasteiger partial charge in [0, 0.05) is 27.8 Å². The summed E-state index contributed by atoms with van der Waals surface area (Å²) in [4.78, 5) is 17.3. The molecule has 0 spiro atoms. The van der Waals surface area contributed by atoms with Crippen molar-refractivity contribution in [2.45, 2.75) is 13.5 Å². The van der Waals surface area contributed by atoms with E-state index in [-0.39, 0.29) is 18.3 Å². The summed E-state index contributed by atoms with van der Waals surface area (Å²) in [6.45, 7) is 2.36. The van der Waals surface area contributed by atoms with Crippen molar-refractivity contribution in [2.75, 3.05) is 11.9 Å². The maximum Gasteiger partial charge on any atom is 0.271 e. The molecule has 0 saturated heterocycles. The van der Waals surface area contributed by atoms with Gasteiger partial charge in [0.15, 0.2) is 16.6 Å². The van der Waals surface area contributed by atoms with E-state index in [1.165, 1.54) is 23.6 Å². The van der Waals surface area contributed by atoms with Crippen molar-refractivity contribution < 1.29 is 18.7 Å². The molecule has 0 bridgehead atoms. The quantitative estimate of drug-likeness (QED) is 0.0832. The van der Waals surface area contributed by atoms with Gasteiger partial charge in [0.25, 0.3) is 5.91 Å². The van der Waals surface area contributed by atoms with Crippen molar-refractivity contribution in [2.24, 2.45) is 5.10 Å². The highest BCUT2D eigenvalue weighted by Gasteiger charge is 2.14. The minimum absolute atomic E-state index is 0.0687. The first-order chi connectivity index (χ1) is 20.5. The lowest BCUT2D eigenvalue weighted by molar-refractivity contribution is 0.0955. The topological polar surface area (TPSA) is 84.8 Å². The number of hydrazone groups is 1. The first-order valence-corrected chi connectivity index (χ1v) is 15.0. The van der Waals surface area contributed by atoms with Crippen LogP contribution in [0.5, 0.6) is 11.5 Å². The molecule has 0 fully saturated rings. The number of nitrogens with one attached hydrogen (secondary N) is 2. The summed E-state index contributed by atoms with van der Waals surface area (Å²) in [6.07, 6.45) is 1.54. The zero-order valence-corrected chi connectivity index (χ0v) is 25.5. The number of hydrogen-bond acceptors (Lipinski definition) is 7. The number of rotatable bonds is 11. The number of para-hydroxylation sites is 1. The molecule has 4 aromatic carbocycles. The zero-order valence-electron chi connectivity index (χ0n) is 22.5. The Morgan fingerprint density at radius 3 is 2.55 bits per heavy atom. The van der Waals surface area contributed by atoms with Gasteiger partial charge in [-0.15, -0.1) is 11.3 Å². The molecule has 42 heavy (non-hydrogen) atoms. The highest BCUT2D eigenvalue weighted by molar-refractivity contribution is 14.1. The number of thiazole rings is 1. The van der Waals surface area contributed by atoms with E-state index in [9.17, 15) is 9.18 Å². The summed E-state index contributed by atoms with van der Waals surface area (Å²) in [6, 6.07) is 27.1. The minimum atomic E-state index is -0.341. The third-order valence-corrected chi connectivity index (χ3v) is 7.57. The molecule has 7 nitrogen and oxygen atoms in total. The van der Waals surface area contributed by atoms with Gasteiger partial charge in [-0.2, -0.15) is 5.10 Å². The van der Waals surface area contributed by atoms with Gasteiger partial charge in [-0.25, -0.2) is 14.8 Å². The fourth-order valence-corrected chi connectivity index (χ4v) is 5.48. The Bertz CT molecular complexity index is 1690. The van der Waals surface area contributed by atoms with Crippen LogP contribution in [-0.4, -0.2) is 23.7 Å². The fourth-order valence-electron chi connectivity index (χ4n) is 3.96. The van der Waals surface area contributed by atoms with Crippen molar-refractivity contribution >= 4 is 56.9 Å². The fraction of sp³-hybridized carbons (Fsp3) is 0.0938. The van der Waals surface area contributed by atoms with Crippen LogP contribution in [-0.2, 0) is 6.61 Å². The molecule has 0 aliphatic heterocycles. The second kappa shape index (κ2) is 14.1. The second-order valence-electron chi connectivity index (χ2n) is 8.95. The summed E-state index contributed by atoms with van der Waals surface area (Å²) in [5, 5.41) is 10.2. The summed E-state index contributed by atoms with van der Waals surface area (Å²) < 4.78 is 26.5. The summed E-state index contributed by atoms with van der Waals surface area (Å²) in [7, 11) is 0. The Balaban J connectivity index is 1.20. The third-order valence-electron chi connectivity index (χ3n) is 6.01. The van der Waals surface area contributed by atoms with E-state index in [4.69, 9.17) is 9.47 Å². The molecule has 0 saturated carbocycles. The van der Waals surface area contributed by atoms with E-state index in [0.717, 1.165) is 25.6 Å². The molecule has 5 rings (SSSR count). The van der Waals surface area contributed by atoms with E-state index >= 15 is 0 Å². The molecule has 0 aliphatic rings. The molecule has 212 valence electrons. The molecule has 0 radical (unpaired) electrons. The SMILES string of the molecule is CCOc1cc(/C=N\NC(=O)c2ccc(-c3csc(Nc4ccccc4)n3)cc2)cc(I)c1OCc1ccccc1F. The number of benzene rings is 4. The number of ether oxygens (including phenoxy) is 2. The molecule has 1 aromatic heterocycles. The molecule has 10 heteroatoms. The molecular weight excluding hydrogens is 666 g/mol. The van der Waals surface area contributed by atoms with Gasteiger partial charge in [-0.05, 0) is 77.5 Å². The van der Waals surface area contributed by atoms with E-state index in [1.54, 1.807) is 36.4 Å². The third kappa shape index (κ3) is 7.51. The van der Waals surface area contributed by atoms with Gasteiger partial charge < -0.3 is 14.8 Å². The summed E-state index contributed by atoms with van der Waals surface area (Å²) in [5.41, 5.74) is 6.90. The number of hydrogen-bond donors (Lipinski definition) is 2. The van der Waals surface area contributed by atoms with Crippen LogP contribution in [0.2, 0.25) is 0 Å². The van der Waals surface area contributed by atoms with E-state index in [1.807, 2.05) is 60.8 Å². The van der Waals surface area contributed by atoms with Crippen LogP contribution in [0.3, 0.4) is 0 Å². The van der Waals surface area contributed by atoms with E-state index in [2.05, 4.69) is 43.4 Å². The number of halogens is 2. The molecule has 1 amide bonds. The van der Waals surface area contributed by atoms with Crippen molar-refractivity contribution in [3.63, 3.8) is 0 Å². The normalized spacial score (nSPS) is 10.9. The lowest BCUT2D eigenvalue weighted by atomic mass is 10.1. The highest BCUT2D eigenvalue weighted by Crippen LogP contribution is 2.35. The van der Waals surface area contributed by atoms with Gasteiger partial charge >= 0.3 is 0 Å². The number of aromatic nitrogens is 1. The van der Waals surface area contributed by atoms with Crippen LogP contribution >= 0.6 is 33.9 Å². The standard InChI is InChI=1S/C32H26FIN4O3S/c1-2-40-29-17-21(16-27(34)30(29)41-19-24-8-6-7-11-26(24)33)18-35-38-31(39)23-14-12-22(13-15-23)28-20-42-32(37-28)36-25-9-4-3-5-10-25/h3-18,20H,2,19H2,1H3,(H,36,37)(H,38,39)/b35-18-. The van der Waals surface area contributed by atoms with Crippen molar-refractivity contribution in [3.05, 3.63) is 122 Å². The average molecular weight is 693 g/mol. The first-order valence-electron chi connectivity index (χ1n) is 13.0. The maximum absolute atomic E-state index is 14.0. The Morgan fingerprint density at radius 2 is 1.79 bits per heavy atom. The van der Waals surface area contributed by atoms with Crippen LogP contribution in [0.1, 0.15) is 28.4 Å². The number of anilines is 2. The Kier molecular flexibility index (Phi) is 9.78. The Hall–Kier alpha value is -4.29. The van der Waals surface area contributed by atoms with Crippen LogP contribution in [0.25, 0.3) is 11.3 Å². The van der Waals surface area contributed by atoms with Crippen molar-refractivity contribution in [1.82, 2.24) is 10.4 Å². The molecule has 0 aliphatic carbocycles. The predicted molar refractivity (Wildman–Crippen MR) is 173 cm³/mol. The van der Waals surface area contributed by atoms with Crippen molar-refractivity contribution in [3.8, 4) is 22.8 Å². The molecule has 1 heterocycles. The minimum Gasteiger partial charge on any atom is -0.490 e. The van der Waals surface area contributed by atoms with Crippen LogP contribution in [0, 0.1) is 9.39 Å². The largest absolute Gasteiger partial charge is 0.490 e. The van der Waals surface area contributed by atoms with Gasteiger partial charge in [-0.3, -0.25) is 4.79 Å². The van der Waals surface area contributed by atoms with Gasteiger partial charge in [0.05, 0.1) is 22.1 Å². The molecule has 5 aromatic rings. The summed E-state index contributed by atoms with van der Waals surface area (Å²) in [5.74, 6) is 0.360. The number of nitrogens with zero attached hydrogens (tertiary/aromatic N) is 2. The van der Waals surface area contributed by atoms with Gasteiger partial charge in [0.2, 0.25) is 0 Å². The maximum atomic E-state index is 14.0. The molecular formula is C32H26FIN4O3S. The van der Waals surface area contributed by atoms with Crippen molar-refractivity contribution in [1.29, 1.82) is 0 Å². The highest BCUT2D eigenvalue weighted by atomic mass is 127. The Morgan fingerprint density at radius 1 is 1.02 bits per heavy atom. The zero-order chi connectivity index (χ0) is 29.3. The van der Waals surface area contributed by atoms with E-state index in [0.29, 0.717) is 34.8 Å². The smallest absolute Gasteiger partial charge is 0.271 e. The number of carbonyl (C=O) groups excluding carboxylic acids is 1. The molecule has 0 atom stereocenters. The van der Waals surface area contributed by atoms with Crippen LogP contribution < -0.4 is 20.2 Å². The molecule has 2 N–H and O–H groups in total. The number of carbonyl (C=O) groups is 1. The van der Waals surface area contributed by atoms with Crippen LogP contribution in [0.4, 0.5) is 15.2 Å². The lowest BCUT2D eigenvalue weighted by Gasteiger charge is -2.15. The lowest BCUT2D eigenvalue weighted by Crippen LogP contribution is -2.17. The monoisotopic (exact) mass is 692 g/mol. The van der Waals surface area contributed by atoms with E-state index < -0.39 is 0 Å². The Labute approximate surface area is 260 Å².